The van der Waals surface area contributed by atoms with E-state index in [0.29, 0.717) is 6.42 Å². The highest BCUT2D eigenvalue weighted by molar-refractivity contribution is 4.60. The zero-order chi connectivity index (χ0) is 5.28. The van der Waals surface area contributed by atoms with E-state index >= 15 is 0 Å². The molecule has 0 radical (unpaired) electrons. The molecule has 1 heterocycles. The van der Waals surface area contributed by atoms with Gasteiger partial charge < -0.3 is 4.74 Å². The van der Waals surface area contributed by atoms with Crippen LogP contribution < -0.4 is 0 Å². The zero-order valence-corrected chi connectivity index (χ0v) is 4.36. The Bertz CT molecular complexity index is 57.1. The lowest BCUT2D eigenvalue weighted by Crippen LogP contribution is -2.00. The van der Waals surface area contributed by atoms with Crippen molar-refractivity contribution in [1.29, 1.82) is 0 Å². The molecule has 1 aliphatic rings. The molecule has 1 saturated heterocycles. The molecule has 0 aromatic carbocycles. The quantitative estimate of drug-likeness (QED) is 0.452. The van der Waals surface area contributed by atoms with Crippen molar-refractivity contribution in [2.75, 3.05) is 0 Å². The van der Waals surface area contributed by atoms with Crippen molar-refractivity contribution in [2.45, 2.75) is 32.2 Å². The lowest BCUT2D eigenvalue weighted by Gasteiger charge is -1.98. The molecule has 0 saturated carbocycles. The van der Waals surface area contributed by atoms with Gasteiger partial charge in [-0.1, -0.05) is 0 Å². The molecular weight excluding hydrogens is 95.1 g/mol. The summed E-state index contributed by atoms with van der Waals surface area (Å²) < 4.78 is 16.6. The van der Waals surface area contributed by atoms with Crippen LogP contribution in [0.25, 0.3) is 0 Å². The van der Waals surface area contributed by atoms with E-state index in [1.807, 2.05) is 6.92 Å². The van der Waals surface area contributed by atoms with Gasteiger partial charge in [0.2, 0.25) is 0 Å². The van der Waals surface area contributed by atoms with Gasteiger partial charge in [0, 0.05) is 6.42 Å². The van der Waals surface area contributed by atoms with E-state index in [1.54, 1.807) is 0 Å². The average molecular weight is 104 g/mol. The maximum absolute atomic E-state index is 12.0. The maximum Gasteiger partial charge on any atom is 0.199 e. The molecule has 2 atom stereocenters. The normalized spacial score (nSPS) is 42.0. The van der Waals surface area contributed by atoms with Gasteiger partial charge in [0.15, 0.2) is 6.36 Å². The first-order valence-corrected chi connectivity index (χ1v) is 2.58. The fourth-order valence-corrected chi connectivity index (χ4v) is 0.754. The van der Waals surface area contributed by atoms with E-state index in [-0.39, 0.29) is 6.10 Å². The van der Waals surface area contributed by atoms with Crippen LogP contribution in [0.15, 0.2) is 0 Å². The summed E-state index contributed by atoms with van der Waals surface area (Å²) in [5.74, 6) is 0. The second-order valence-corrected chi connectivity index (χ2v) is 1.93. The summed E-state index contributed by atoms with van der Waals surface area (Å²) in [5.41, 5.74) is 0. The summed E-state index contributed by atoms with van der Waals surface area (Å²) in [5, 5.41) is 0. The van der Waals surface area contributed by atoms with Gasteiger partial charge in [0.05, 0.1) is 6.10 Å². The molecule has 1 nitrogen and oxygen atoms in total. The summed E-state index contributed by atoms with van der Waals surface area (Å²) >= 11 is 0. The van der Waals surface area contributed by atoms with Crippen LogP contribution >= 0.6 is 0 Å². The Kier molecular flexibility index (Phi) is 1.28. The van der Waals surface area contributed by atoms with Gasteiger partial charge in [0.25, 0.3) is 0 Å². The number of ether oxygens (including phenoxy) is 1. The molecule has 0 aliphatic carbocycles. The predicted molar refractivity (Wildman–Crippen MR) is 24.7 cm³/mol. The van der Waals surface area contributed by atoms with Crippen LogP contribution in [-0.4, -0.2) is 12.5 Å². The third-order valence-corrected chi connectivity index (χ3v) is 1.18. The van der Waals surface area contributed by atoms with Crippen LogP contribution in [0.3, 0.4) is 0 Å². The van der Waals surface area contributed by atoms with Crippen molar-refractivity contribution >= 4 is 0 Å². The summed E-state index contributed by atoms with van der Waals surface area (Å²) in [7, 11) is 0. The molecule has 0 bridgehead atoms. The van der Waals surface area contributed by atoms with E-state index in [0.717, 1.165) is 6.42 Å². The van der Waals surface area contributed by atoms with E-state index < -0.39 is 6.36 Å². The van der Waals surface area contributed by atoms with Crippen molar-refractivity contribution < 1.29 is 9.13 Å². The van der Waals surface area contributed by atoms with Crippen molar-refractivity contribution in [1.82, 2.24) is 0 Å². The highest BCUT2D eigenvalue weighted by atomic mass is 19.1. The molecule has 1 rings (SSSR count). The number of rotatable bonds is 0. The molecule has 7 heavy (non-hydrogen) atoms. The van der Waals surface area contributed by atoms with Gasteiger partial charge in [-0.2, -0.15) is 0 Å². The molecule has 2 heteroatoms. The number of hydrogen-bond acceptors (Lipinski definition) is 1. The first kappa shape index (κ1) is 5.04. The highest BCUT2D eigenvalue weighted by Crippen LogP contribution is 2.18. The van der Waals surface area contributed by atoms with Crippen LogP contribution in [0.4, 0.5) is 4.39 Å². The monoisotopic (exact) mass is 104 g/mol. The minimum absolute atomic E-state index is 0.148. The van der Waals surface area contributed by atoms with Crippen molar-refractivity contribution in [3.8, 4) is 0 Å². The minimum atomic E-state index is -0.977. The Hall–Kier alpha value is -0.110. The third-order valence-electron chi connectivity index (χ3n) is 1.18. The molecule has 1 fully saturated rings. The summed E-state index contributed by atoms with van der Waals surface area (Å²) in [6, 6.07) is 0. The molecule has 0 aromatic rings. The van der Waals surface area contributed by atoms with E-state index in [1.165, 1.54) is 0 Å². The Morgan fingerprint density at radius 3 is 2.43 bits per heavy atom. The largest absolute Gasteiger partial charge is 0.345 e. The second kappa shape index (κ2) is 1.78. The van der Waals surface area contributed by atoms with Crippen LogP contribution in [-0.2, 0) is 4.74 Å². The molecule has 0 N–H and O–H groups in total. The van der Waals surface area contributed by atoms with Crippen LogP contribution in [0, 0.1) is 0 Å². The molecule has 0 spiro atoms. The standard InChI is InChI=1S/C5H9FO/c1-4-2-3-5(6)7-4/h4-5H,2-3H2,1H3. The third kappa shape index (κ3) is 1.13. The topological polar surface area (TPSA) is 9.23 Å². The number of hydrogen-bond donors (Lipinski definition) is 0. The van der Waals surface area contributed by atoms with Gasteiger partial charge in [-0.3, -0.25) is 0 Å². The lowest BCUT2D eigenvalue weighted by atomic mass is 10.3. The molecule has 2 unspecified atom stereocenters. The first-order chi connectivity index (χ1) is 3.29. The van der Waals surface area contributed by atoms with Crippen molar-refractivity contribution in [2.24, 2.45) is 0 Å². The number of alkyl halides is 1. The molecular formula is C5H9FO. The summed E-state index contributed by atoms with van der Waals surface area (Å²) in [6.07, 6.45) is 0.632. The SMILES string of the molecule is CC1CCC(F)O1. The first-order valence-electron chi connectivity index (χ1n) is 2.58. The molecule has 1 aliphatic heterocycles. The maximum atomic E-state index is 12.0. The minimum Gasteiger partial charge on any atom is -0.345 e. The van der Waals surface area contributed by atoms with Crippen LogP contribution in [0.5, 0.6) is 0 Å². The Balaban J connectivity index is 2.26. The van der Waals surface area contributed by atoms with Gasteiger partial charge in [-0.05, 0) is 13.3 Å². The fourth-order valence-electron chi connectivity index (χ4n) is 0.754. The summed E-state index contributed by atoms with van der Waals surface area (Å²) in [4.78, 5) is 0. The van der Waals surface area contributed by atoms with E-state index in [9.17, 15) is 4.39 Å². The predicted octanol–water partition coefficient (Wildman–Crippen LogP) is 1.48. The van der Waals surface area contributed by atoms with Crippen molar-refractivity contribution in [3.05, 3.63) is 0 Å². The van der Waals surface area contributed by atoms with Gasteiger partial charge in [-0.15, -0.1) is 0 Å². The highest BCUT2D eigenvalue weighted by Gasteiger charge is 2.19. The average Bonchev–Trinajstić information content (AvgIpc) is 1.87. The lowest BCUT2D eigenvalue weighted by molar-refractivity contribution is -0.0265. The van der Waals surface area contributed by atoms with Crippen molar-refractivity contribution in [3.63, 3.8) is 0 Å². The van der Waals surface area contributed by atoms with Gasteiger partial charge in [0.1, 0.15) is 0 Å². The zero-order valence-electron chi connectivity index (χ0n) is 4.36. The number of halogens is 1. The van der Waals surface area contributed by atoms with Crippen LogP contribution in [0.2, 0.25) is 0 Å². The van der Waals surface area contributed by atoms with Crippen LogP contribution in [0.1, 0.15) is 19.8 Å². The molecule has 0 aromatic heterocycles. The van der Waals surface area contributed by atoms with E-state index in [4.69, 9.17) is 4.74 Å². The van der Waals surface area contributed by atoms with Gasteiger partial charge >= 0.3 is 0 Å². The summed E-state index contributed by atoms with van der Waals surface area (Å²) in [6.45, 7) is 1.89. The Labute approximate surface area is 42.5 Å². The fraction of sp³-hybridized carbons (Fsp3) is 1.00. The van der Waals surface area contributed by atoms with Gasteiger partial charge in [-0.25, -0.2) is 4.39 Å². The molecule has 42 valence electrons. The molecule has 0 amide bonds. The van der Waals surface area contributed by atoms with E-state index in [2.05, 4.69) is 0 Å². The Morgan fingerprint density at radius 2 is 2.29 bits per heavy atom. The smallest absolute Gasteiger partial charge is 0.199 e. The Morgan fingerprint density at radius 1 is 1.57 bits per heavy atom. The second-order valence-electron chi connectivity index (χ2n) is 1.93.